The van der Waals surface area contributed by atoms with Crippen LogP contribution in [0.1, 0.15) is 29.9 Å². The quantitative estimate of drug-likeness (QED) is 0.682. The van der Waals surface area contributed by atoms with Crippen LogP contribution < -0.4 is 10.0 Å². The number of anilines is 1. The fourth-order valence-electron chi connectivity index (χ4n) is 2.16. The lowest BCUT2D eigenvalue weighted by molar-refractivity contribution is 0.102. The molecule has 0 unspecified atom stereocenters. The molecule has 2 rings (SSSR count). The summed E-state index contributed by atoms with van der Waals surface area (Å²) in [4.78, 5) is 15.0. The molecule has 0 bridgehead atoms. The average Bonchev–Trinajstić information content (AvgIpc) is 3.00. The van der Waals surface area contributed by atoms with Crippen molar-refractivity contribution in [3.8, 4) is 0 Å². The number of hydrogen-bond acceptors (Lipinski definition) is 4. The van der Waals surface area contributed by atoms with Crippen molar-refractivity contribution in [3.05, 3.63) is 46.7 Å². The number of amides is 1. The molecule has 0 aliphatic rings. The molecular weight excluding hydrogens is 366 g/mol. The summed E-state index contributed by atoms with van der Waals surface area (Å²) in [5.41, 5.74) is 1.39. The van der Waals surface area contributed by atoms with E-state index in [1.165, 1.54) is 12.3 Å². The molecule has 3 N–H and O–H groups in total. The number of carbonyl (C=O) groups is 1. The summed E-state index contributed by atoms with van der Waals surface area (Å²) in [5, 5.41) is 3.23. The fourth-order valence-corrected chi connectivity index (χ4v) is 3.57. The van der Waals surface area contributed by atoms with Crippen molar-refractivity contribution >= 4 is 33.2 Å². The van der Waals surface area contributed by atoms with E-state index in [0.717, 1.165) is 5.56 Å². The first-order chi connectivity index (χ1) is 11.7. The van der Waals surface area contributed by atoms with Crippen LogP contribution in [0.2, 0.25) is 5.02 Å². The van der Waals surface area contributed by atoms with Crippen LogP contribution in [-0.2, 0) is 21.4 Å². The second kappa shape index (κ2) is 8.01. The van der Waals surface area contributed by atoms with E-state index < -0.39 is 15.9 Å². The maximum Gasteiger partial charge on any atom is 0.272 e. The largest absolute Gasteiger partial charge is 0.380 e. The fraction of sp³-hybridized carbons (Fsp3) is 0.312. The molecule has 0 spiro atoms. The molecule has 1 amide bonds. The molecular formula is C16H20ClN3O4S. The molecule has 1 aromatic carbocycles. The zero-order valence-corrected chi connectivity index (χ0v) is 15.7. The van der Waals surface area contributed by atoms with Crippen LogP contribution in [0.3, 0.4) is 0 Å². The minimum absolute atomic E-state index is 0.00234. The van der Waals surface area contributed by atoms with Crippen molar-refractivity contribution in [1.82, 2.24) is 9.71 Å². The van der Waals surface area contributed by atoms with Crippen LogP contribution in [0.5, 0.6) is 0 Å². The van der Waals surface area contributed by atoms with Gasteiger partial charge in [0.2, 0.25) is 10.0 Å². The minimum Gasteiger partial charge on any atom is -0.380 e. The van der Waals surface area contributed by atoms with Gasteiger partial charge in [-0.05, 0) is 43.7 Å². The molecule has 7 nitrogen and oxygen atoms in total. The lowest BCUT2D eigenvalue weighted by Gasteiger charge is -2.08. The summed E-state index contributed by atoms with van der Waals surface area (Å²) in [7, 11) is -2.11. The van der Waals surface area contributed by atoms with E-state index in [0.29, 0.717) is 17.3 Å². The van der Waals surface area contributed by atoms with E-state index in [1.54, 1.807) is 39.2 Å². The second-order valence-corrected chi connectivity index (χ2v) is 7.84. The third kappa shape index (κ3) is 5.05. The van der Waals surface area contributed by atoms with E-state index >= 15 is 0 Å². The Morgan fingerprint density at radius 1 is 1.32 bits per heavy atom. The van der Waals surface area contributed by atoms with E-state index in [1.807, 2.05) is 0 Å². The summed E-state index contributed by atoms with van der Waals surface area (Å²) in [6.45, 7) is 3.75. The number of sulfonamides is 1. The molecule has 1 heterocycles. The SMILES string of the molecule is COCc1cc(NC(=O)c2cc(S(=O)(=O)NC(C)C)c[nH]2)ccc1Cl. The predicted octanol–water partition coefficient (Wildman–Crippen LogP) is 2.75. The zero-order chi connectivity index (χ0) is 18.6. The smallest absolute Gasteiger partial charge is 0.272 e. The number of methoxy groups -OCH3 is 1. The van der Waals surface area contributed by atoms with Crippen molar-refractivity contribution in [1.29, 1.82) is 0 Å². The Hall–Kier alpha value is -1.87. The van der Waals surface area contributed by atoms with Crippen LogP contribution >= 0.6 is 11.6 Å². The summed E-state index contributed by atoms with van der Waals surface area (Å²) in [5.74, 6) is -0.461. The van der Waals surface area contributed by atoms with Gasteiger partial charge >= 0.3 is 0 Å². The van der Waals surface area contributed by atoms with E-state index in [4.69, 9.17) is 16.3 Å². The highest BCUT2D eigenvalue weighted by Gasteiger charge is 2.19. The molecule has 0 aliphatic heterocycles. The molecule has 0 aliphatic carbocycles. The number of aromatic amines is 1. The number of H-pyrrole nitrogens is 1. The van der Waals surface area contributed by atoms with Gasteiger partial charge in [0.25, 0.3) is 5.91 Å². The van der Waals surface area contributed by atoms with Crippen LogP contribution in [0, 0.1) is 0 Å². The summed E-state index contributed by atoms with van der Waals surface area (Å²) >= 11 is 6.05. The molecule has 0 fully saturated rings. The Morgan fingerprint density at radius 2 is 2.04 bits per heavy atom. The first-order valence-corrected chi connectivity index (χ1v) is 9.38. The Labute approximate surface area is 151 Å². The topological polar surface area (TPSA) is 100 Å². The van der Waals surface area contributed by atoms with Crippen molar-refractivity contribution < 1.29 is 17.9 Å². The van der Waals surface area contributed by atoms with Gasteiger partial charge < -0.3 is 15.0 Å². The lowest BCUT2D eigenvalue weighted by atomic mass is 10.2. The van der Waals surface area contributed by atoms with Gasteiger partial charge in [0, 0.05) is 30.1 Å². The summed E-state index contributed by atoms with van der Waals surface area (Å²) in [6, 6.07) is 6.05. The van der Waals surface area contributed by atoms with Gasteiger partial charge in [-0.15, -0.1) is 0 Å². The zero-order valence-electron chi connectivity index (χ0n) is 14.1. The molecule has 0 saturated carbocycles. The van der Waals surface area contributed by atoms with Crippen LogP contribution in [0.15, 0.2) is 35.4 Å². The maximum absolute atomic E-state index is 12.3. The van der Waals surface area contributed by atoms with Crippen LogP contribution in [0.4, 0.5) is 5.69 Å². The number of ether oxygens (including phenoxy) is 1. The normalized spacial score (nSPS) is 11.7. The lowest BCUT2D eigenvalue weighted by Crippen LogP contribution is -2.29. The molecule has 136 valence electrons. The van der Waals surface area contributed by atoms with E-state index in [2.05, 4.69) is 15.0 Å². The van der Waals surface area contributed by atoms with Crippen molar-refractivity contribution in [2.45, 2.75) is 31.4 Å². The van der Waals surface area contributed by atoms with E-state index in [9.17, 15) is 13.2 Å². The average molecular weight is 386 g/mol. The number of hydrogen-bond donors (Lipinski definition) is 3. The van der Waals surface area contributed by atoms with E-state index in [-0.39, 0.29) is 16.6 Å². The highest BCUT2D eigenvalue weighted by Crippen LogP contribution is 2.22. The molecule has 0 atom stereocenters. The number of carbonyl (C=O) groups excluding carboxylic acids is 1. The molecule has 25 heavy (non-hydrogen) atoms. The molecule has 0 radical (unpaired) electrons. The molecule has 9 heteroatoms. The Kier molecular flexibility index (Phi) is 6.23. The number of halogens is 1. The molecule has 1 aromatic heterocycles. The van der Waals surface area contributed by atoms with Gasteiger partial charge in [0.15, 0.2) is 0 Å². The minimum atomic E-state index is -3.66. The first-order valence-electron chi connectivity index (χ1n) is 7.52. The van der Waals surface area contributed by atoms with Crippen LogP contribution in [0.25, 0.3) is 0 Å². The number of benzene rings is 1. The monoisotopic (exact) mass is 385 g/mol. The van der Waals surface area contributed by atoms with Crippen molar-refractivity contribution in [2.24, 2.45) is 0 Å². The number of nitrogens with one attached hydrogen (secondary N) is 3. The third-order valence-electron chi connectivity index (χ3n) is 3.21. The molecule has 2 aromatic rings. The number of aromatic nitrogens is 1. The Bertz CT molecular complexity index is 862. The summed E-state index contributed by atoms with van der Waals surface area (Å²) in [6.07, 6.45) is 1.28. The highest BCUT2D eigenvalue weighted by molar-refractivity contribution is 7.89. The third-order valence-corrected chi connectivity index (χ3v) is 5.21. The molecule has 0 saturated heterocycles. The van der Waals surface area contributed by atoms with Gasteiger partial charge in [0.05, 0.1) is 6.61 Å². The van der Waals surface area contributed by atoms with Crippen molar-refractivity contribution in [2.75, 3.05) is 12.4 Å². The van der Waals surface area contributed by atoms with Crippen molar-refractivity contribution in [3.63, 3.8) is 0 Å². The Balaban J connectivity index is 2.16. The van der Waals surface area contributed by atoms with Gasteiger partial charge in [-0.3, -0.25) is 4.79 Å². The number of rotatable bonds is 7. The Morgan fingerprint density at radius 3 is 2.68 bits per heavy atom. The highest BCUT2D eigenvalue weighted by atomic mass is 35.5. The standard InChI is InChI=1S/C16H20ClN3O4S/c1-10(2)20-25(22,23)13-7-15(18-8-13)16(21)19-12-4-5-14(17)11(6-12)9-24-3/h4-8,10,18,20H,9H2,1-3H3,(H,19,21). The summed E-state index contributed by atoms with van der Waals surface area (Å²) < 4.78 is 31.7. The first kappa shape index (κ1) is 19.5. The second-order valence-electron chi connectivity index (χ2n) is 5.72. The predicted molar refractivity (Wildman–Crippen MR) is 96.4 cm³/mol. The van der Waals surface area contributed by atoms with Gasteiger partial charge in [0.1, 0.15) is 10.6 Å². The van der Waals surface area contributed by atoms with Gasteiger partial charge in [-0.2, -0.15) is 0 Å². The maximum atomic E-state index is 12.3. The van der Waals surface area contributed by atoms with Gasteiger partial charge in [-0.1, -0.05) is 11.6 Å². The van der Waals surface area contributed by atoms with Gasteiger partial charge in [-0.25, -0.2) is 13.1 Å². The van der Waals surface area contributed by atoms with Crippen LogP contribution in [-0.4, -0.2) is 32.5 Å².